The van der Waals surface area contributed by atoms with Crippen LogP contribution in [0.3, 0.4) is 0 Å². The van der Waals surface area contributed by atoms with Crippen LogP contribution in [0.15, 0.2) is 72.2 Å². The molecule has 3 aromatic heterocycles. The Hall–Kier alpha value is -3.67. The third kappa shape index (κ3) is 3.32. The van der Waals surface area contributed by atoms with Crippen molar-refractivity contribution in [2.45, 2.75) is 17.6 Å². The summed E-state index contributed by atoms with van der Waals surface area (Å²) >= 11 is 0. The Morgan fingerprint density at radius 3 is 2.62 bits per heavy atom. The molecule has 0 saturated carbocycles. The molecule has 0 aliphatic carbocycles. The molecule has 0 atom stereocenters. The van der Waals surface area contributed by atoms with Gasteiger partial charge in [0.15, 0.2) is 5.82 Å². The molecular weight excluding hydrogens is 445 g/mol. The maximum absolute atomic E-state index is 13.5. The van der Waals surface area contributed by atoms with Crippen LogP contribution >= 0.6 is 0 Å². The average molecular weight is 460 g/mol. The summed E-state index contributed by atoms with van der Waals surface area (Å²) in [6.07, 6.45) is 3.90. The number of sulfonamides is 1. The minimum absolute atomic E-state index is 0.0830. The Kier molecular flexibility index (Phi) is 4.55. The molecular formula is C20H15F3N6O2S. The van der Waals surface area contributed by atoms with Crippen molar-refractivity contribution in [1.29, 1.82) is 0 Å². The van der Waals surface area contributed by atoms with Gasteiger partial charge in [-0.1, -0.05) is 24.3 Å². The lowest BCUT2D eigenvalue weighted by molar-refractivity contribution is -0.137. The van der Waals surface area contributed by atoms with E-state index in [4.69, 9.17) is 0 Å². The molecule has 1 aromatic carbocycles. The van der Waals surface area contributed by atoms with Crippen molar-refractivity contribution in [3.05, 3.63) is 72.8 Å². The van der Waals surface area contributed by atoms with E-state index < -0.39 is 21.8 Å². The second-order valence-corrected chi connectivity index (χ2v) is 8.93. The van der Waals surface area contributed by atoms with Gasteiger partial charge in [0, 0.05) is 11.6 Å². The largest absolute Gasteiger partial charge is 0.416 e. The Labute approximate surface area is 180 Å². The average Bonchev–Trinajstić information content (AvgIpc) is 3.39. The van der Waals surface area contributed by atoms with Gasteiger partial charge in [-0.05, 0) is 18.2 Å². The van der Waals surface area contributed by atoms with Crippen molar-refractivity contribution in [1.82, 2.24) is 24.5 Å². The first-order valence-corrected chi connectivity index (χ1v) is 10.9. The van der Waals surface area contributed by atoms with Crippen LogP contribution in [0.2, 0.25) is 0 Å². The number of anilines is 1. The fraction of sp³-hybridized carbons (Fsp3) is 0.150. The van der Waals surface area contributed by atoms with Crippen molar-refractivity contribution in [2.24, 2.45) is 0 Å². The Morgan fingerprint density at radius 1 is 1.00 bits per heavy atom. The van der Waals surface area contributed by atoms with Crippen LogP contribution in [0.5, 0.6) is 0 Å². The Morgan fingerprint density at radius 2 is 1.81 bits per heavy atom. The minimum Gasteiger partial charge on any atom is -0.260 e. The minimum atomic E-state index is -4.56. The predicted molar refractivity (Wildman–Crippen MR) is 110 cm³/mol. The van der Waals surface area contributed by atoms with E-state index in [1.165, 1.54) is 4.31 Å². The number of nitrogens with zero attached hydrogens (tertiary/aromatic N) is 6. The van der Waals surface area contributed by atoms with Crippen LogP contribution in [0.25, 0.3) is 16.7 Å². The number of alkyl halides is 3. The molecule has 12 heteroatoms. The van der Waals surface area contributed by atoms with Gasteiger partial charge in [0.2, 0.25) is 0 Å². The highest BCUT2D eigenvalue weighted by Crippen LogP contribution is 2.33. The molecule has 32 heavy (non-hydrogen) atoms. The van der Waals surface area contributed by atoms with E-state index in [0.29, 0.717) is 17.7 Å². The molecule has 1 aliphatic rings. The smallest absolute Gasteiger partial charge is 0.260 e. The van der Waals surface area contributed by atoms with Gasteiger partial charge in [-0.25, -0.2) is 18.1 Å². The first-order chi connectivity index (χ1) is 15.2. The van der Waals surface area contributed by atoms with Crippen LogP contribution in [0.1, 0.15) is 5.56 Å². The van der Waals surface area contributed by atoms with Crippen LogP contribution in [0, 0.1) is 0 Å². The quantitative estimate of drug-likeness (QED) is 0.438. The zero-order valence-corrected chi connectivity index (χ0v) is 17.1. The molecule has 0 fully saturated rings. The lowest BCUT2D eigenvalue weighted by Gasteiger charge is -2.24. The summed E-state index contributed by atoms with van der Waals surface area (Å²) in [6, 6.07) is 6.92. The number of hydrogen-bond donors (Lipinski definition) is 0. The summed E-state index contributed by atoms with van der Waals surface area (Å²) in [5, 5.41) is 9.05. The second kappa shape index (κ2) is 7.19. The summed E-state index contributed by atoms with van der Waals surface area (Å²) in [5.41, 5.74) is 0.220. The van der Waals surface area contributed by atoms with Gasteiger partial charge >= 0.3 is 6.18 Å². The molecule has 0 amide bonds. The van der Waals surface area contributed by atoms with E-state index in [1.54, 1.807) is 29.1 Å². The Bertz CT molecular complexity index is 1460. The first kappa shape index (κ1) is 20.2. The number of para-hydroxylation sites is 1. The Balaban J connectivity index is 1.58. The third-order valence-corrected chi connectivity index (χ3v) is 6.81. The number of rotatable bonds is 3. The number of pyridine rings is 1. The molecule has 8 nitrogen and oxygen atoms in total. The molecule has 164 valence electrons. The predicted octanol–water partition coefficient (Wildman–Crippen LogP) is 3.40. The van der Waals surface area contributed by atoms with E-state index in [2.05, 4.69) is 15.2 Å². The summed E-state index contributed by atoms with van der Waals surface area (Å²) in [7, 11) is -4.09. The zero-order valence-electron chi connectivity index (χ0n) is 16.3. The molecule has 5 rings (SSSR count). The molecule has 4 aromatic rings. The van der Waals surface area contributed by atoms with Crippen LogP contribution in [-0.2, 0) is 22.7 Å². The van der Waals surface area contributed by atoms with E-state index in [1.807, 2.05) is 12.1 Å². The summed E-state index contributed by atoms with van der Waals surface area (Å²) in [4.78, 5) is 3.71. The standard InChI is InChI=1S/C20H15F3N6O2S/c21-20(22,23)15-6-7-24-18(10-15)28-13-16(12-26-28)32(30,31)29-9-2-1-8-27-19-14(11-25-27)4-3-5-17(19)29/h1-7,10-13H,8-9H2/b2-1-. The van der Waals surface area contributed by atoms with Crippen molar-refractivity contribution < 1.29 is 21.6 Å². The zero-order chi connectivity index (χ0) is 22.5. The van der Waals surface area contributed by atoms with Gasteiger partial charge < -0.3 is 0 Å². The molecule has 0 N–H and O–H groups in total. The normalized spacial score (nSPS) is 15.5. The van der Waals surface area contributed by atoms with Gasteiger partial charge in [-0.15, -0.1) is 0 Å². The fourth-order valence-electron chi connectivity index (χ4n) is 3.55. The van der Waals surface area contributed by atoms with E-state index in [-0.39, 0.29) is 17.3 Å². The number of allylic oxidation sites excluding steroid dienone is 1. The second-order valence-electron chi connectivity index (χ2n) is 7.07. The number of halogens is 3. The molecule has 0 radical (unpaired) electrons. The highest BCUT2D eigenvalue weighted by atomic mass is 32.2. The van der Waals surface area contributed by atoms with Crippen molar-refractivity contribution >= 4 is 26.6 Å². The highest BCUT2D eigenvalue weighted by Gasteiger charge is 2.32. The van der Waals surface area contributed by atoms with Gasteiger partial charge in [0.25, 0.3) is 10.0 Å². The summed E-state index contributed by atoms with van der Waals surface area (Å²) in [6.45, 7) is 0.590. The molecule has 0 spiro atoms. The molecule has 0 bridgehead atoms. The van der Waals surface area contributed by atoms with Gasteiger partial charge in [-0.2, -0.15) is 23.4 Å². The van der Waals surface area contributed by atoms with Gasteiger partial charge in [-0.3, -0.25) is 8.99 Å². The van der Waals surface area contributed by atoms with Crippen LogP contribution in [0.4, 0.5) is 18.9 Å². The number of aromatic nitrogens is 5. The third-order valence-electron chi connectivity index (χ3n) is 5.08. The van der Waals surface area contributed by atoms with Crippen molar-refractivity contribution in [3.8, 4) is 5.82 Å². The molecule has 0 unspecified atom stereocenters. The summed E-state index contributed by atoms with van der Waals surface area (Å²) < 4.78 is 70.0. The van der Waals surface area contributed by atoms with E-state index >= 15 is 0 Å². The van der Waals surface area contributed by atoms with Gasteiger partial charge in [0.1, 0.15) is 4.90 Å². The maximum Gasteiger partial charge on any atom is 0.416 e. The lowest BCUT2D eigenvalue weighted by atomic mass is 10.2. The number of benzene rings is 1. The number of hydrogen-bond acceptors (Lipinski definition) is 5. The maximum atomic E-state index is 13.5. The van der Waals surface area contributed by atoms with Crippen molar-refractivity contribution in [3.63, 3.8) is 0 Å². The lowest BCUT2D eigenvalue weighted by Crippen LogP contribution is -2.32. The van der Waals surface area contributed by atoms with E-state index in [9.17, 15) is 21.6 Å². The van der Waals surface area contributed by atoms with Crippen molar-refractivity contribution in [2.75, 3.05) is 10.8 Å². The molecule has 4 heterocycles. The first-order valence-electron chi connectivity index (χ1n) is 9.46. The van der Waals surface area contributed by atoms with E-state index in [0.717, 1.165) is 40.8 Å². The van der Waals surface area contributed by atoms with Crippen LogP contribution < -0.4 is 4.31 Å². The van der Waals surface area contributed by atoms with Gasteiger partial charge in [0.05, 0.1) is 48.4 Å². The highest BCUT2D eigenvalue weighted by molar-refractivity contribution is 7.92. The topological polar surface area (TPSA) is 85.9 Å². The molecule has 1 aliphatic heterocycles. The van der Waals surface area contributed by atoms with Crippen LogP contribution in [-0.4, -0.2) is 39.5 Å². The SMILES string of the molecule is O=S(=O)(c1cnn(-c2cc(C(F)(F)F)ccn2)c1)N1C/C=C\Cn2ncc3cccc1c32. The summed E-state index contributed by atoms with van der Waals surface area (Å²) in [5.74, 6) is -0.144. The monoisotopic (exact) mass is 460 g/mol. The molecule has 0 saturated heterocycles. The fourth-order valence-corrected chi connectivity index (χ4v) is 4.90.